The van der Waals surface area contributed by atoms with E-state index >= 15 is 0 Å². The summed E-state index contributed by atoms with van der Waals surface area (Å²) >= 11 is 0. The van der Waals surface area contributed by atoms with Gasteiger partial charge in [-0.25, -0.2) is 13.2 Å². The standard InChI is InChI=1S/C9H8O5S/c10-7(9(11)12)8(15(13)14)6-4-2-1-3-5-6/h1-5,8,15H,(H,11,12). The lowest BCUT2D eigenvalue weighted by Crippen LogP contribution is -2.22. The SMILES string of the molecule is O=C(O)C(=O)C(c1ccccc1)[SH](=O)=O. The number of ketones is 1. The summed E-state index contributed by atoms with van der Waals surface area (Å²) in [5, 5.41) is 6.85. The van der Waals surface area contributed by atoms with E-state index in [1.165, 1.54) is 24.3 Å². The highest BCUT2D eigenvalue weighted by Crippen LogP contribution is 2.17. The number of aliphatic carboxylic acids is 1. The first-order valence-electron chi connectivity index (χ1n) is 3.99. The molecule has 0 bridgehead atoms. The fourth-order valence-electron chi connectivity index (χ4n) is 1.12. The highest BCUT2D eigenvalue weighted by Gasteiger charge is 2.28. The summed E-state index contributed by atoms with van der Waals surface area (Å²) in [5.41, 5.74) is 0.168. The third-order valence-electron chi connectivity index (χ3n) is 1.79. The topological polar surface area (TPSA) is 88.5 Å². The van der Waals surface area contributed by atoms with Crippen LogP contribution in [0.15, 0.2) is 30.3 Å². The van der Waals surface area contributed by atoms with E-state index in [-0.39, 0.29) is 5.56 Å². The van der Waals surface area contributed by atoms with E-state index in [9.17, 15) is 18.0 Å². The zero-order valence-corrected chi connectivity index (χ0v) is 8.39. The Hall–Kier alpha value is -1.69. The molecule has 1 atom stereocenters. The van der Waals surface area contributed by atoms with Gasteiger partial charge < -0.3 is 5.11 Å². The van der Waals surface area contributed by atoms with E-state index in [2.05, 4.69) is 0 Å². The number of hydrogen-bond acceptors (Lipinski definition) is 4. The minimum absolute atomic E-state index is 0.168. The van der Waals surface area contributed by atoms with Gasteiger partial charge in [0.1, 0.15) is 0 Å². The third-order valence-corrected chi connectivity index (χ3v) is 2.74. The molecule has 1 N–H and O–H groups in total. The monoisotopic (exact) mass is 228 g/mol. The Morgan fingerprint density at radius 2 is 1.67 bits per heavy atom. The fraction of sp³-hybridized carbons (Fsp3) is 0.111. The molecule has 0 amide bonds. The number of carbonyl (C=O) groups is 2. The Kier molecular flexibility index (Phi) is 3.56. The minimum Gasteiger partial charge on any atom is -0.475 e. The van der Waals surface area contributed by atoms with Crippen molar-refractivity contribution in [3.63, 3.8) is 0 Å². The van der Waals surface area contributed by atoms with Crippen LogP contribution in [0, 0.1) is 0 Å². The predicted molar refractivity (Wildman–Crippen MR) is 52.1 cm³/mol. The van der Waals surface area contributed by atoms with Crippen LogP contribution in [-0.4, -0.2) is 25.3 Å². The summed E-state index contributed by atoms with van der Waals surface area (Å²) in [7, 11) is -3.14. The largest absolute Gasteiger partial charge is 0.475 e. The molecule has 5 nitrogen and oxygen atoms in total. The second-order valence-electron chi connectivity index (χ2n) is 2.77. The van der Waals surface area contributed by atoms with Gasteiger partial charge in [0, 0.05) is 0 Å². The van der Waals surface area contributed by atoms with Crippen molar-refractivity contribution in [2.24, 2.45) is 0 Å². The number of carbonyl (C=O) groups excluding carboxylic acids is 1. The second kappa shape index (κ2) is 4.70. The van der Waals surface area contributed by atoms with Gasteiger partial charge in [0.05, 0.1) is 0 Å². The number of hydrogen-bond donors (Lipinski definition) is 2. The lowest BCUT2D eigenvalue weighted by molar-refractivity contribution is -0.148. The molecule has 0 spiro atoms. The number of carboxylic acid groups (broad SMARTS) is 1. The van der Waals surface area contributed by atoms with Gasteiger partial charge in [-0.3, -0.25) is 4.79 Å². The van der Waals surface area contributed by atoms with Gasteiger partial charge in [-0.1, -0.05) is 30.3 Å². The Labute approximate surface area is 87.3 Å². The van der Waals surface area contributed by atoms with Crippen molar-refractivity contribution in [1.29, 1.82) is 0 Å². The summed E-state index contributed by atoms with van der Waals surface area (Å²) in [5.74, 6) is -3.08. The molecule has 0 aromatic heterocycles. The molecule has 0 heterocycles. The van der Waals surface area contributed by atoms with Gasteiger partial charge in [0.15, 0.2) is 16.0 Å². The molecule has 1 aromatic rings. The third kappa shape index (κ3) is 2.63. The maximum Gasteiger partial charge on any atom is 0.373 e. The molecule has 0 fully saturated rings. The maximum absolute atomic E-state index is 11.1. The number of carboxylic acids is 1. The molecule has 1 aromatic carbocycles. The Morgan fingerprint density at radius 1 is 1.13 bits per heavy atom. The zero-order valence-electron chi connectivity index (χ0n) is 7.49. The van der Waals surface area contributed by atoms with Crippen LogP contribution in [0.4, 0.5) is 0 Å². The molecular formula is C9H8O5S. The quantitative estimate of drug-likeness (QED) is 0.559. The van der Waals surface area contributed by atoms with E-state index in [4.69, 9.17) is 5.11 Å². The van der Waals surface area contributed by atoms with Crippen LogP contribution in [0.5, 0.6) is 0 Å². The number of Topliss-reactive ketones (excluding diaryl/α,β-unsaturated/α-hetero) is 1. The van der Waals surface area contributed by atoms with Crippen LogP contribution in [0.1, 0.15) is 10.8 Å². The van der Waals surface area contributed by atoms with Crippen LogP contribution < -0.4 is 0 Å². The van der Waals surface area contributed by atoms with E-state index in [1.807, 2.05) is 0 Å². The number of rotatable bonds is 4. The maximum atomic E-state index is 11.1. The average molecular weight is 228 g/mol. The molecule has 0 aliphatic rings. The molecule has 1 rings (SSSR count). The number of benzene rings is 1. The summed E-state index contributed by atoms with van der Waals surface area (Å²) in [6.45, 7) is 0. The average Bonchev–Trinajstić information content (AvgIpc) is 2.18. The Bertz CT molecular complexity index is 441. The van der Waals surface area contributed by atoms with Gasteiger partial charge in [-0.15, -0.1) is 0 Å². The second-order valence-corrected chi connectivity index (χ2v) is 3.86. The smallest absolute Gasteiger partial charge is 0.373 e. The van der Waals surface area contributed by atoms with Crippen LogP contribution in [0.25, 0.3) is 0 Å². The summed E-state index contributed by atoms with van der Waals surface area (Å²) < 4.78 is 21.6. The molecule has 0 saturated heterocycles. The van der Waals surface area contributed by atoms with E-state index < -0.39 is 27.7 Å². The first kappa shape index (κ1) is 11.4. The minimum atomic E-state index is -3.14. The molecule has 15 heavy (non-hydrogen) atoms. The van der Waals surface area contributed by atoms with Crippen LogP contribution in [-0.2, 0) is 20.3 Å². The van der Waals surface area contributed by atoms with Crippen molar-refractivity contribution in [3.05, 3.63) is 35.9 Å². The van der Waals surface area contributed by atoms with Crippen molar-refractivity contribution in [1.82, 2.24) is 0 Å². The molecular weight excluding hydrogens is 220 g/mol. The van der Waals surface area contributed by atoms with Crippen molar-refractivity contribution in [2.45, 2.75) is 5.25 Å². The first-order valence-corrected chi connectivity index (χ1v) is 5.24. The highest BCUT2D eigenvalue weighted by atomic mass is 32.2. The van der Waals surface area contributed by atoms with Gasteiger partial charge >= 0.3 is 5.97 Å². The van der Waals surface area contributed by atoms with Gasteiger partial charge in [0.2, 0.25) is 0 Å². The number of thiol groups is 1. The summed E-state index contributed by atoms with van der Waals surface area (Å²) in [6.07, 6.45) is 0. The molecule has 6 heteroatoms. The predicted octanol–water partition coefficient (Wildman–Crippen LogP) is -0.00720. The molecule has 0 saturated carbocycles. The van der Waals surface area contributed by atoms with E-state index in [1.54, 1.807) is 6.07 Å². The summed E-state index contributed by atoms with van der Waals surface area (Å²) in [6, 6.07) is 7.52. The first-order chi connectivity index (χ1) is 7.04. The molecule has 0 aliphatic heterocycles. The molecule has 1 unspecified atom stereocenters. The van der Waals surface area contributed by atoms with Crippen LogP contribution in [0.2, 0.25) is 0 Å². The summed E-state index contributed by atoms with van der Waals surface area (Å²) in [4.78, 5) is 21.5. The van der Waals surface area contributed by atoms with Crippen LogP contribution in [0.3, 0.4) is 0 Å². The van der Waals surface area contributed by atoms with E-state index in [0.29, 0.717) is 0 Å². The van der Waals surface area contributed by atoms with Crippen molar-refractivity contribution >= 4 is 22.5 Å². The van der Waals surface area contributed by atoms with Crippen molar-refractivity contribution in [2.75, 3.05) is 0 Å². The lowest BCUT2D eigenvalue weighted by atomic mass is 10.1. The van der Waals surface area contributed by atoms with Gasteiger partial charge in [-0.2, -0.15) is 0 Å². The zero-order chi connectivity index (χ0) is 11.4. The molecule has 0 radical (unpaired) electrons. The fourth-order valence-corrected chi connectivity index (χ4v) is 1.84. The van der Waals surface area contributed by atoms with Crippen molar-refractivity contribution < 1.29 is 23.1 Å². The Morgan fingerprint density at radius 3 is 2.07 bits per heavy atom. The Balaban J connectivity index is 3.16. The highest BCUT2D eigenvalue weighted by molar-refractivity contribution is 7.73. The van der Waals surface area contributed by atoms with Crippen molar-refractivity contribution in [3.8, 4) is 0 Å². The van der Waals surface area contributed by atoms with Crippen LogP contribution >= 0.6 is 0 Å². The van der Waals surface area contributed by atoms with E-state index in [0.717, 1.165) is 0 Å². The molecule has 0 aliphatic carbocycles. The normalized spacial score (nSPS) is 12.3. The lowest BCUT2D eigenvalue weighted by Gasteiger charge is -2.05. The van der Waals surface area contributed by atoms with Gasteiger partial charge in [-0.05, 0) is 5.56 Å². The molecule has 80 valence electrons. The van der Waals surface area contributed by atoms with Gasteiger partial charge in [0.25, 0.3) is 5.78 Å².